The van der Waals surface area contributed by atoms with E-state index in [-0.39, 0.29) is 17.5 Å². The maximum atomic E-state index is 14.8. The van der Waals surface area contributed by atoms with Gasteiger partial charge < -0.3 is 14.7 Å². The van der Waals surface area contributed by atoms with Crippen LogP contribution < -0.4 is 4.74 Å². The Morgan fingerprint density at radius 3 is 1.85 bits per heavy atom. The minimum absolute atomic E-state index is 0.115. The molecule has 4 aromatic carbocycles. The molecular formula is C29H21FN2O. The normalized spacial score (nSPS) is 11.5. The van der Waals surface area contributed by atoms with Crippen LogP contribution in [0, 0.1) is 5.82 Å². The summed E-state index contributed by atoms with van der Waals surface area (Å²) in [7, 11) is 0. The highest BCUT2D eigenvalue weighted by atomic mass is 19.1. The molecule has 0 saturated heterocycles. The lowest BCUT2D eigenvalue weighted by atomic mass is 9.84. The molecule has 2 heterocycles. The predicted octanol–water partition coefficient (Wildman–Crippen LogP) is 7.76. The van der Waals surface area contributed by atoms with Crippen LogP contribution in [-0.2, 0) is 0 Å². The number of benzene rings is 4. The molecule has 0 aliphatic rings. The molecule has 0 unspecified atom stereocenters. The molecule has 0 aliphatic heterocycles. The molecule has 6 rings (SSSR count). The van der Waals surface area contributed by atoms with Gasteiger partial charge >= 0.3 is 0 Å². The fourth-order valence-corrected chi connectivity index (χ4v) is 4.59. The molecule has 0 bridgehead atoms. The van der Waals surface area contributed by atoms with Gasteiger partial charge in [-0.1, -0.05) is 60.7 Å². The first-order chi connectivity index (χ1) is 16.3. The van der Waals surface area contributed by atoms with Gasteiger partial charge in [0.1, 0.15) is 5.75 Å². The van der Waals surface area contributed by atoms with Crippen LogP contribution >= 0.6 is 0 Å². The van der Waals surface area contributed by atoms with Crippen molar-refractivity contribution in [2.45, 2.75) is 5.92 Å². The number of H-pyrrole nitrogens is 2. The predicted molar refractivity (Wildman–Crippen MR) is 130 cm³/mol. The molecule has 33 heavy (non-hydrogen) atoms. The standard InChI is InChI=1S/C29H21FN2O/c30-25-15-14-19(16-28(25)33-20-8-2-1-3-9-20)29(23-17-31-26-12-6-4-10-21(23)26)24-18-32-27-13-7-5-11-22(24)27/h1-18,29,31-32H. The summed E-state index contributed by atoms with van der Waals surface area (Å²) in [4.78, 5) is 6.80. The Morgan fingerprint density at radius 1 is 0.636 bits per heavy atom. The van der Waals surface area contributed by atoms with Gasteiger partial charge in [-0.3, -0.25) is 0 Å². The largest absolute Gasteiger partial charge is 0.454 e. The van der Waals surface area contributed by atoms with Gasteiger partial charge in [0.05, 0.1) is 0 Å². The van der Waals surface area contributed by atoms with Crippen LogP contribution in [0.15, 0.2) is 109 Å². The summed E-state index contributed by atoms with van der Waals surface area (Å²) in [6.45, 7) is 0. The van der Waals surface area contributed by atoms with E-state index in [2.05, 4.69) is 46.6 Å². The summed E-state index contributed by atoms with van der Waals surface area (Å²) in [5.41, 5.74) is 5.36. The summed E-state index contributed by atoms with van der Waals surface area (Å²) in [6, 6.07) is 31.0. The highest BCUT2D eigenvalue weighted by Crippen LogP contribution is 2.41. The third-order valence-corrected chi connectivity index (χ3v) is 6.12. The zero-order valence-corrected chi connectivity index (χ0v) is 17.8. The molecular weight excluding hydrogens is 411 g/mol. The van der Waals surface area contributed by atoms with Crippen molar-refractivity contribution < 1.29 is 9.13 Å². The second-order valence-electron chi connectivity index (χ2n) is 8.12. The second-order valence-corrected chi connectivity index (χ2v) is 8.12. The average molecular weight is 432 g/mol. The lowest BCUT2D eigenvalue weighted by molar-refractivity contribution is 0.441. The average Bonchev–Trinajstić information content (AvgIpc) is 3.47. The van der Waals surface area contributed by atoms with E-state index in [4.69, 9.17) is 4.74 Å². The van der Waals surface area contributed by atoms with Gasteiger partial charge in [-0.05, 0) is 53.1 Å². The SMILES string of the molecule is Fc1ccc(C(c2c[nH]c3ccccc23)c2c[nH]c3ccccc23)cc1Oc1ccccc1. The number of rotatable bonds is 5. The Kier molecular flexibility index (Phi) is 4.69. The molecule has 3 nitrogen and oxygen atoms in total. The molecule has 0 atom stereocenters. The Labute approximate surface area is 190 Å². The summed E-state index contributed by atoms with van der Waals surface area (Å²) in [5, 5.41) is 2.28. The Hall–Kier alpha value is -4.31. The molecule has 0 saturated carbocycles. The number of hydrogen-bond acceptors (Lipinski definition) is 1. The number of nitrogens with one attached hydrogen (secondary N) is 2. The number of halogens is 1. The first-order valence-electron chi connectivity index (χ1n) is 10.9. The molecule has 4 heteroatoms. The molecule has 0 amide bonds. The van der Waals surface area contributed by atoms with Gasteiger partial charge in [0, 0.05) is 40.1 Å². The number of hydrogen-bond donors (Lipinski definition) is 2. The zero-order chi connectivity index (χ0) is 22.2. The Morgan fingerprint density at radius 2 is 1.21 bits per heavy atom. The van der Waals surface area contributed by atoms with E-state index in [1.54, 1.807) is 0 Å². The number of ether oxygens (including phenoxy) is 1. The van der Waals surface area contributed by atoms with Gasteiger partial charge in [-0.2, -0.15) is 0 Å². The Bertz CT molecular complexity index is 1490. The smallest absolute Gasteiger partial charge is 0.165 e. The first kappa shape index (κ1) is 19.4. The first-order valence-corrected chi connectivity index (χ1v) is 10.9. The number of para-hydroxylation sites is 3. The van der Waals surface area contributed by atoms with Crippen molar-refractivity contribution in [2.75, 3.05) is 0 Å². The van der Waals surface area contributed by atoms with E-state index in [0.717, 1.165) is 38.5 Å². The topological polar surface area (TPSA) is 40.8 Å². The van der Waals surface area contributed by atoms with Gasteiger partial charge in [-0.15, -0.1) is 0 Å². The van der Waals surface area contributed by atoms with Crippen LogP contribution in [0.4, 0.5) is 4.39 Å². The van der Waals surface area contributed by atoms with Crippen molar-refractivity contribution in [3.8, 4) is 11.5 Å². The molecule has 0 fully saturated rings. The van der Waals surface area contributed by atoms with E-state index >= 15 is 0 Å². The van der Waals surface area contributed by atoms with Gasteiger partial charge in [0.25, 0.3) is 0 Å². The second kappa shape index (κ2) is 7.99. The molecule has 160 valence electrons. The molecule has 0 radical (unpaired) electrons. The fraction of sp³-hybridized carbons (Fsp3) is 0.0345. The van der Waals surface area contributed by atoms with E-state index in [1.807, 2.05) is 66.7 Å². The minimum atomic E-state index is -0.390. The summed E-state index contributed by atoms with van der Waals surface area (Å²) >= 11 is 0. The number of fused-ring (bicyclic) bond motifs is 2. The minimum Gasteiger partial charge on any atom is -0.454 e. The third-order valence-electron chi connectivity index (χ3n) is 6.12. The van der Waals surface area contributed by atoms with E-state index in [9.17, 15) is 4.39 Å². The fourth-order valence-electron chi connectivity index (χ4n) is 4.59. The molecule has 0 spiro atoms. The maximum absolute atomic E-state index is 14.8. The summed E-state index contributed by atoms with van der Waals surface area (Å²) < 4.78 is 20.7. The lowest BCUT2D eigenvalue weighted by Gasteiger charge is -2.19. The van der Waals surface area contributed by atoms with Crippen molar-refractivity contribution in [1.29, 1.82) is 0 Å². The van der Waals surface area contributed by atoms with E-state index in [0.29, 0.717) is 5.75 Å². The van der Waals surface area contributed by atoms with Crippen LogP contribution in [0.25, 0.3) is 21.8 Å². The zero-order valence-electron chi connectivity index (χ0n) is 17.8. The monoisotopic (exact) mass is 432 g/mol. The van der Waals surface area contributed by atoms with Crippen LogP contribution in [0.5, 0.6) is 11.5 Å². The molecule has 2 aromatic heterocycles. The summed E-state index contributed by atoms with van der Waals surface area (Å²) in [5.74, 6) is 0.308. The maximum Gasteiger partial charge on any atom is 0.165 e. The van der Waals surface area contributed by atoms with Crippen LogP contribution in [0.1, 0.15) is 22.6 Å². The number of aromatic amines is 2. The van der Waals surface area contributed by atoms with E-state index < -0.39 is 0 Å². The number of aromatic nitrogens is 2. The molecule has 6 aromatic rings. The van der Waals surface area contributed by atoms with Crippen LogP contribution in [0.2, 0.25) is 0 Å². The van der Waals surface area contributed by atoms with Crippen molar-refractivity contribution in [2.24, 2.45) is 0 Å². The van der Waals surface area contributed by atoms with Gasteiger partial charge in [0.2, 0.25) is 0 Å². The van der Waals surface area contributed by atoms with Crippen molar-refractivity contribution in [3.05, 3.63) is 132 Å². The highest BCUT2D eigenvalue weighted by Gasteiger charge is 2.24. The summed E-state index contributed by atoms with van der Waals surface area (Å²) in [6.07, 6.45) is 4.11. The van der Waals surface area contributed by atoms with Crippen molar-refractivity contribution in [3.63, 3.8) is 0 Å². The van der Waals surface area contributed by atoms with E-state index in [1.165, 1.54) is 6.07 Å². The van der Waals surface area contributed by atoms with Gasteiger partial charge in [-0.25, -0.2) is 4.39 Å². The van der Waals surface area contributed by atoms with Crippen LogP contribution in [0.3, 0.4) is 0 Å². The quantitative estimate of drug-likeness (QED) is 0.287. The third kappa shape index (κ3) is 3.46. The molecule has 2 N–H and O–H groups in total. The Balaban J connectivity index is 1.55. The molecule has 0 aliphatic carbocycles. The van der Waals surface area contributed by atoms with Gasteiger partial charge in [0.15, 0.2) is 11.6 Å². The van der Waals surface area contributed by atoms with Crippen molar-refractivity contribution >= 4 is 21.8 Å². The van der Waals surface area contributed by atoms with Crippen LogP contribution in [-0.4, -0.2) is 9.97 Å². The lowest BCUT2D eigenvalue weighted by Crippen LogP contribution is -2.03. The van der Waals surface area contributed by atoms with Crippen molar-refractivity contribution in [1.82, 2.24) is 9.97 Å². The highest BCUT2D eigenvalue weighted by molar-refractivity contribution is 5.89.